The van der Waals surface area contributed by atoms with Gasteiger partial charge in [0.2, 0.25) is 22.9 Å². The van der Waals surface area contributed by atoms with Gasteiger partial charge in [0.05, 0.1) is 0 Å². The average Bonchev–Trinajstić information content (AvgIpc) is 2.23. The van der Waals surface area contributed by atoms with E-state index in [1.807, 2.05) is 40.6 Å². The van der Waals surface area contributed by atoms with Crippen LogP contribution < -0.4 is 7.35 Å². The molecule has 0 fully saturated rings. The smallest absolute Gasteiger partial charge is 0.196 e. The first-order chi connectivity index (χ1) is 7.20. The quantitative estimate of drug-likeness (QED) is 0.387. The first-order valence-electron chi connectivity index (χ1n) is 4.37. The Balaban J connectivity index is 2.65. The molecule has 0 saturated heterocycles. The van der Waals surface area contributed by atoms with Crippen molar-refractivity contribution in [1.29, 1.82) is 0 Å². The van der Waals surface area contributed by atoms with Crippen LogP contribution in [0.15, 0.2) is 36.8 Å². The molecule has 0 unspecified atom stereocenters. The van der Waals surface area contributed by atoms with Crippen molar-refractivity contribution >= 4 is 45.5 Å². The molecule has 2 aromatic rings. The molecule has 0 amide bonds. The molecule has 15 heavy (non-hydrogen) atoms. The number of aromatic nitrogens is 3. The monoisotopic (exact) mass is 425 g/mol. The lowest BCUT2D eigenvalue weighted by Gasteiger charge is -1.97. The van der Waals surface area contributed by atoms with Crippen molar-refractivity contribution in [1.82, 2.24) is 4.98 Å². The van der Waals surface area contributed by atoms with E-state index in [2.05, 4.69) is 61.1 Å². The van der Waals surface area contributed by atoms with E-state index in [1.165, 1.54) is 3.70 Å². The maximum atomic E-state index is 4.39. The highest BCUT2D eigenvalue weighted by Crippen LogP contribution is 2.17. The lowest BCUT2D eigenvalue weighted by molar-refractivity contribution is -0.683. The molecule has 0 atom stereocenters. The Hall–Kier alpha value is -0.310. The SMILES string of the molecule is C[n+]1cccc(-c2nccc[n+]2I)c1I. The van der Waals surface area contributed by atoms with E-state index in [9.17, 15) is 0 Å². The van der Waals surface area contributed by atoms with Gasteiger partial charge in [-0.05, 0) is 11.1 Å². The van der Waals surface area contributed by atoms with Crippen molar-refractivity contribution in [2.75, 3.05) is 0 Å². The maximum Gasteiger partial charge on any atom is 0.345 e. The molecular formula is C10H9I2N3+2. The Kier molecular flexibility index (Phi) is 3.49. The van der Waals surface area contributed by atoms with Crippen LogP contribution in [0.5, 0.6) is 0 Å². The number of aryl methyl sites for hydroxylation is 1. The van der Waals surface area contributed by atoms with Crippen molar-refractivity contribution < 1.29 is 7.35 Å². The Morgan fingerprint density at radius 1 is 1.27 bits per heavy atom. The van der Waals surface area contributed by atoms with Gasteiger partial charge in [0.1, 0.15) is 25.0 Å². The van der Waals surface area contributed by atoms with Crippen LogP contribution in [0.4, 0.5) is 0 Å². The fourth-order valence-corrected chi connectivity index (χ4v) is 2.45. The summed E-state index contributed by atoms with van der Waals surface area (Å²) in [6, 6.07) is 6.04. The summed E-state index contributed by atoms with van der Waals surface area (Å²) in [5.41, 5.74) is 1.15. The minimum Gasteiger partial charge on any atom is -0.196 e. The third-order valence-corrected chi connectivity index (χ3v) is 4.17. The predicted molar refractivity (Wildman–Crippen MR) is 73.2 cm³/mol. The molecule has 0 spiro atoms. The minimum atomic E-state index is 0.971. The van der Waals surface area contributed by atoms with Crippen LogP contribution in [0, 0.1) is 3.70 Å². The second-order valence-electron chi connectivity index (χ2n) is 3.08. The molecule has 0 radical (unpaired) electrons. The summed E-state index contributed by atoms with van der Waals surface area (Å²) in [4.78, 5) is 4.39. The van der Waals surface area contributed by atoms with Gasteiger partial charge in [-0.3, -0.25) is 0 Å². The third-order valence-electron chi connectivity index (χ3n) is 2.05. The topological polar surface area (TPSA) is 20.6 Å². The molecule has 0 saturated carbocycles. The molecule has 2 rings (SSSR count). The molecule has 0 aromatic carbocycles. The highest BCUT2D eigenvalue weighted by molar-refractivity contribution is 14.1. The first kappa shape index (κ1) is 11.2. The molecule has 5 heteroatoms. The van der Waals surface area contributed by atoms with E-state index in [0.29, 0.717) is 0 Å². The van der Waals surface area contributed by atoms with E-state index in [-0.39, 0.29) is 0 Å². The zero-order valence-electron chi connectivity index (χ0n) is 8.06. The Labute approximate surface area is 116 Å². The van der Waals surface area contributed by atoms with E-state index in [1.54, 1.807) is 0 Å². The molecular weight excluding hydrogens is 416 g/mol. The third kappa shape index (κ3) is 2.27. The number of hydrogen-bond acceptors (Lipinski definition) is 1. The number of rotatable bonds is 1. The van der Waals surface area contributed by atoms with Crippen LogP contribution in [0.2, 0.25) is 0 Å². The van der Waals surface area contributed by atoms with Crippen molar-refractivity contribution in [2.24, 2.45) is 7.05 Å². The molecule has 2 aromatic heterocycles. The molecule has 3 nitrogen and oxygen atoms in total. The van der Waals surface area contributed by atoms with E-state index in [4.69, 9.17) is 0 Å². The normalized spacial score (nSPS) is 10.3. The standard InChI is InChI=1S/C10H9I2N3/c1-14-6-2-4-8(9(14)11)10-13-5-3-7-15(10)12/h2-7H,1H3/q+2. The number of halogens is 2. The summed E-state index contributed by atoms with van der Waals surface area (Å²) >= 11 is 4.57. The van der Waals surface area contributed by atoms with Crippen molar-refractivity contribution in [2.45, 2.75) is 0 Å². The van der Waals surface area contributed by atoms with Gasteiger partial charge in [0, 0.05) is 34.7 Å². The van der Waals surface area contributed by atoms with Crippen LogP contribution in [0.3, 0.4) is 0 Å². The first-order valence-corrected chi connectivity index (χ1v) is 6.42. The highest BCUT2D eigenvalue weighted by Gasteiger charge is 2.21. The zero-order chi connectivity index (χ0) is 10.8. The van der Waals surface area contributed by atoms with Gasteiger partial charge in [-0.15, -0.1) is 0 Å². The van der Waals surface area contributed by atoms with Crippen LogP contribution in [-0.2, 0) is 7.05 Å². The molecule has 0 aliphatic rings. The number of pyridine rings is 1. The molecule has 0 bridgehead atoms. The largest absolute Gasteiger partial charge is 0.345 e. The lowest BCUT2D eigenvalue weighted by Crippen LogP contribution is -2.34. The summed E-state index contributed by atoms with van der Waals surface area (Å²) in [7, 11) is 2.03. The summed E-state index contributed by atoms with van der Waals surface area (Å²) in [5.74, 6) is 0.971. The van der Waals surface area contributed by atoms with Crippen molar-refractivity contribution in [3.63, 3.8) is 0 Å². The summed E-state index contributed by atoms with van der Waals surface area (Å²) in [6.45, 7) is 0. The fourth-order valence-electron chi connectivity index (χ4n) is 1.30. The average molecular weight is 425 g/mol. The minimum absolute atomic E-state index is 0.971. The van der Waals surface area contributed by atoms with Gasteiger partial charge in [0.15, 0.2) is 6.20 Å². The van der Waals surface area contributed by atoms with Gasteiger partial charge in [0.25, 0.3) is 3.70 Å². The molecule has 76 valence electrons. The second kappa shape index (κ2) is 4.69. The van der Waals surface area contributed by atoms with Crippen LogP contribution in [-0.4, -0.2) is 4.98 Å². The Morgan fingerprint density at radius 3 is 2.80 bits per heavy atom. The fraction of sp³-hybridized carbons (Fsp3) is 0.100. The highest BCUT2D eigenvalue weighted by atomic mass is 127. The van der Waals surface area contributed by atoms with Crippen LogP contribution in [0.1, 0.15) is 0 Å². The Bertz CT molecular complexity index is 500. The van der Waals surface area contributed by atoms with Gasteiger partial charge in [-0.1, -0.05) is 0 Å². The van der Waals surface area contributed by atoms with Crippen molar-refractivity contribution in [3.05, 3.63) is 40.5 Å². The number of nitrogens with zero attached hydrogens (tertiary/aromatic N) is 3. The molecule has 0 aliphatic carbocycles. The summed E-state index contributed by atoms with van der Waals surface area (Å²) in [5, 5.41) is 0. The Morgan fingerprint density at radius 2 is 2.07 bits per heavy atom. The maximum absolute atomic E-state index is 4.39. The van der Waals surface area contributed by atoms with Crippen LogP contribution >= 0.6 is 45.5 Å². The molecule has 2 heterocycles. The van der Waals surface area contributed by atoms with Crippen molar-refractivity contribution in [3.8, 4) is 11.4 Å². The van der Waals surface area contributed by atoms with Crippen LogP contribution in [0.25, 0.3) is 11.4 Å². The molecule has 0 N–H and O–H groups in total. The predicted octanol–water partition coefficient (Wildman–Crippen LogP) is 1.66. The van der Waals surface area contributed by atoms with Gasteiger partial charge in [-0.25, -0.2) is 0 Å². The van der Waals surface area contributed by atoms with Gasteiger partial charge < -0.3 is 0 Å². The second-order valence-corrected chi connectivity index (χ2v) is 5.14. The van der Waals surface area contributed by atoms with E-state index < -0.39 is 0 Å². The number of hydrogen-bond donors (Lipinski definition) is 0. The van der Waals surface area contributed by atoms with E-state index >= 15 is 0 Å². The summed E-state index contributed by atoms with van der Waals surface area (Å²) in [6.07, 6.45) is 5.84. The molecule has 0 aliphatic heterocycles. The summed E-state index contributed by atoms with van der Waals surface area (Å²) < 4.78 is 5.26. The van der Waals surface area contributed by atoms with E-state index in [0.717, 1.165) is 11.4 Å². The van der Waals surface area contributed by atoms with Gasteiger partial charge >= 0.3 is 5.82 Å². The lowest BCUT2D eigenvalue weighted by atomic mass is 10.2. The van der Waals surface area contributed by atoms with Gasteiger partial charge in [-0.2, -0.15) is 7.35 Å². The zero-order valence-corrected chi connectivity index (χ0v) is 12.4.